The van der Waals surface area contributed by atoms with Gasteiger partial charge in [-0.05, 0) is 6.92 Å². The van der Waals surface area contributed by atoms with Crippen molar-refractivity contribution in [2.75, 3.05) is 0 Å². The van der Waals surface area contributed by atoms with Gasteiger partial charge in [-0.15, -0.1) is 0 Å². The minimum absolute atomic E-state index is 0.206. The number of rotatable bonds is 2. The van der Waals surface area contributed by atoms with Crippen molar-refractivity contribution in [3.63, 3.8) is 0 Å². The molecule has 0 aliphatic carbocycles. The molecule has 0 N–H and O–H groups in total. The fraction of sp³-hybridized carbons (Fsp3) is 0.200. The second-order valence-electron chi connectivity index (χ2n) is 3.54. The highest BCUT2D eigenvalue weighted by Crippen LogP contribution is 2.19. The average molecular weight is 231 g/mol. The third-order valence-corrected chi connectivity index (χ3v) is 2.22. The highest BCUT2D eigenvalue weighted by atomic mass is 16.5. The lowest BCUT2D eigenvalue weighted by Crippen LogP contribution is -1.97. The summed E-state index contributed by atoms with van der Waals surface area (Å²) >= 11 is 0. The van der Waals surface area contributed by atoms with Gasteiger partial charge in [0.25, 0.3) is 5.71 Å². The van der Waals surface area contributed by atoms with Crippen molar-refractivity contribution in [2.24, 2.45) is 7.05 Å². The van der Waals surface area contributed by atoms with Gasteiger partial charge in [0, 0.05) is 13.1 Å². The SMILES string of the molecule is Cc1cc(Oc2ncc3ncoc3n2)n(C)n1. The van der Waals surface area contributed by atoms with Gasteiger partial charge in [-0.2, -0.15) is 10.1 Å². The van der Waals surface area contributed by atoms with Crippen molar-refractivity contribution >= 4 is 11.2 Å². The third kappa shape index (κ3) is 1.71. The first-order chi connectivity index (χ1) is 8.22. The van der Waals surface area contributed by atoms with E-state index < -0.39 is 0 Å². The first kappa shape index (κ1) is 9.76. The van der Waals surface area contributed by atoms with Crippen LogP contribution in [0.3, 0.4) is 0 Å². The largest absolute Gasteiger partial charge is 0.425 e. The van der Waals surface area contributed by atoms with E-state index >= 15 is 0 Å². The Morgan fingerprint density at radius 2 is 2.24 bits per heavy atom. The molecule has 0 spiro atoms. The molecule has 86 valence electrons. The molecule has 0 amide bonds. The lowest BCUT2D eigenvalue weighted by molar-refractivity contribution is 0.398. The van der Waals surface area contributed by atoms with Gasteiger partial charge in [-0.25, -0.2) is 14.6 Å². The summed E-state index contributed by atoms with van der Waals surface area (Å²) in [5, 5.41) is 4.16. The van der Waals surface area contributed by atoms with Crippen LogP contribution < -0.4 is 4.74 Å². The Balaban J connectivity index is 1.96. The van der Waals surface area contributed by atoms with E-state index in [1.807, 2.05) is 6.92 Å². The summed E-state index contributed by atoms with van der Waals surface area (Å²) in [6.45, 7) is 1.88. The summed E-state index contributed by atoms with van der Waals surface area (Å²) in [7, 11) is 1.79. The molecule has 3 aromatic rings. The van der Waals surface area contributed by atoms with E-state index in [1.54, 1.807) is 24.0 Å². The number of aromatic nitrogens is 5. The maximum absolute atomic E-state index is 5.50. The molecule has 0 fully saturated rings. The zero-order valence-electron chi connectivity index (χ0n) is 9.28. The zero-order chi connectivity index (χ0) is 11.8. The molecule has 3 rings (SSSR count). The summed E-state index contributed by atoms with van der Waals surface area (Å²) in [6, 6.07) is 2.01. The number of fused-ring (bicyclic) bond motifs is 1. The molecule has 3 heterocycles. The van der Waals surface area contributed by atoms with E-state index in [9.17, 15) is 0 Å². The summed E-state index contributed by atoms with van der Waals surface area (Å²) < 4.78 is 12.2. The van der Waals surface area contributed by atoms with Gasteiger partial charge in [0.05, 0.1) is 11.9 Å². The smallest absolute Gasteiger partial charge is 0.326 e. The molecule has 0 aliphatic heterocycles. The Morgan fingerprint density at radius 1 is 1.35 bits per heavy atom. The topological polar surface area (TPSA) is 78.9 Å². The molecule has 0 bridgehead atoms. The van der Waals surface area contributed by atoms with Crippen LogP contribution in [0, 0.1) is 6.92 Å². The van der Waals surface area contributed by atoms with E-state index in [0.717, 1.165) is 5.69 Å². The number of hydrogen-bond donors (Lipinski definition) is 0. The molecule has 0 saturated carbocycles. The molecular formula is C10H9N5O2. The Hall–Kier alpha value is -2.44. The van der Waals surface area contributed by atoms with Crippen LogP contribution in [-0.4, -0.2) is 24.7 Å². The third-order valence-electron chi connectivity index (χ3n) is 2.22. The van der Waals surface area contributed by atoms with Gasteiger partial charge in [0.1, 0.15) is 5.52 Å². The molecule has 7 heteroatoms. The Morgan fingerprint density at radius 3 is 3.00 bits per heavy atom. The van der Waals surface area contributed by atoms with Crippen molar-refractivity contribution in [1.29, 1.82) is 0 Å². The number of nitrogens with zero attached hydrogens (tertiary/aromatic N) is 5. The molecule has 7 nitrogen and oxygen atoms in total. The highest BCUT2D eigenvalue weighted by molar-refractivity contribution is 5.65. The van der Waals surface area contributed by atoms with Crippen molar-refractivity contribution < 1.29 is 9.15 Å². The highest BCUT2D eigenvalue weighted by Gasteiger charge is 2.09. The van der Waals surface area contributed by atoms with Gasteiger partial charge in [0.15, 0.2) is 6.39 Å². The molecule has 0 saturated heterocycles. The molecule has 0 atom stereocenters. The second kappa shape index (κ2) is 3.55. The Bertz CT molecular complexity index is 672. The quantitative estimate of drug-likeness (QED) is 0.664. The van der Waals surface area contributed by atoms with Crippen molar-refractivity contribution in [1.82, 2.24) is 24.7 Å². The van der Waals surface area contributed by atoms with Crippen molar-refractivity contribution in [3.05, 3.63) is 24.4 Å². The van der Waals surface area contributed by atoms with E-state index in [2.05, 4.69) is 20.1 Å². The summed E-state index contributed by atoms with van der Waals surface area (Å²) in [5.41, 5.74) is 1.86. The van der Waals surface area contributed by atoms with E-state index in [-0.39, 0.29) is 6.01 Å². The van der Waals surface area contributed by atoms with Gasteiger partial charge in [-0.1, -0.05) is 0 Å². The summed E-state index contributed by atoms with van der Waals surface area (Å²) in [5.74, 6) is 0.571. The van der Waals surface area contributed by atoms with Crippen LogP contribution in [0.15, 0.2) is 23.1 Å². The van der Waals surface area contributed by atoms with Gasteiger partial charge < -0.3 is 9.15 Å². The van der Waals surface area contributed by atoms with Crippen LogP contribution in [0.4, 0.5) is 0 Å². The maximum atomic E-state index is 5.50. The first-order valence-corrected chi connectivity index (χ1v) is 4.97. The number of aryl methyl sites for hydroxylation is 2. The molecule has 17 heavy (non-hydrogen) atoms. The van der Waals surface area contributed by atoms with Gasteiger partial charge >= 0.3 is 6.01 Å². The van der Waals surface area contributed by atoms with Crippen LogP contribution >= 0.6 is 0 Å². The van der Waals surface area contributed by atoms with Crippen LogP contribution in [0.1, 0.15) is 5.69 Å². The van der Waals surface area contributed by atoms with Crippen LogP contribution in [0.5, 0.6) is 11.9 Å². The predicted molar refractivity (Wildman–Crippen MR) is 57.6 cm³/mol. The minimum Gasteiger partial charge on any atom is -0.425 e. The fourth-order valence-corrected chi connectivity index (χ4v) is 1.48. The monoisotopic (exact) mass is 231 g/mol. The van der Waals surface area contributed by atoms with E-state index in [1.165, 1.54) is 6.39 Å². The Kier molecular flexibility index (Phi) is 2.04. The second-order valence-corrected chi connectivity index (χ2v) is 3.54. The molecule has 3 aromatic heterocycles. The van der Waals surface area contributed by atoms with Crippen LogP contribution in [0.25, 0.3) is 11.2 Å². The lowest BCUT2D eigenvalue weighted by atomic mass is 10.5. The molecule has 0 aliphatic rings. The summed E-state index contributed by atoms with van der Waals surface area (Å²) in [4.78, 5) is 12.0. The number of oxazole rings is 1. The molecule has 0 radical (unpaired) electrons. The predicted octanol–water partition coefficient (Wildman–Crippen LogP) is 1.45. The van der Waals surface area contributed by atoms with E-state index in [4.69, 9.17) is 9.15 Å². The van der Waals surface area contributed by atoms with Crippen LogP contribution in [-0.2, 0) is 7.05 Å². The first-order valence-electron chi connectivity index (χ1n) is 4.97. The van der Waals surface area contributed by atoms with Gasteiger partial charge in [0.2, 0.25) is 5.88 Å². The molecule has 0 aromatic carbocycles. The average Bonchev–Trinajstić information content (AvgIpc) is 2.85. The zero-order valence-corrected chi connectivity index (χ0v) is 9.28. The molecule has 0 unspecified atom stereocenters. The lowest BCUT2D eigenvalue weighted by Gasteiger charge is -2.01. The number of hydrogen-bond acceptors (Lipinski definition) is 6. The van der Waals surface area contributed by atoms with Gasteiger partial charge in [-0.3, -0.25) is 0 Å². The van der Waals surface area contributed by atoms with Crippen molar-refractivity contribution in [2.45, 2.75) is 6.92 Å². The minimum atomic E-state index is 0.206. The van der Waals surface area contributed by atoms with E-state index in [0.29, 0.717) is 17.1 Å². The Labute approximate surface area is 96.1 Å². The molecular weight excluding hydrogens is 222 g/mol. The van der Waals surface area contributed by atoms with Crippen LogP contribution in [0.2, 0.25) is 0 Å². The normalized spacial score (nSPS) is 10.9. The number of ether oxygens (including phenoxy) is 1. The summed E-state index contributed by atoms with van der Waals surface area (Å²) in [6.07, 6.45) is 2.86. The standard InChI is InChI=1S/C10H9N5O2/c1-6-3-8(15(2)14-6)17-10-11-4-7-9(13-10)16-5-12-7/h3-5H,1-2H3. The van der Waals surface area contributed by atoms with Crippen molar-refractivity contribution in [3.8, 4) is 11.9 Å². The fourth-order valence-electron chi connectivity index (χ4n) is 1.48. The maximum Gasteiger partial charge on any atom is 0.326 e.